The molecule has 0 aliphatic heterocycles. The van der Waals surface area contributed by atoms with Crippen LogP contribution < -0.4 is 9.47 Å². The van der Waals surface area contributed by atoms with Crippen molar-refractivity contribution in [3.63, 3.8) is 0 Å². The number of halogens is 2. The molecule has 0 N–H and O–H groups in total. The molecule has 7 nitrogen and oxygen atoms in total. The highest BCUT2D eigenvalue weighted by molar-refractivity contribution is 6.29. The summed E-state index contributed by atoms with van der Waals surface area (Å²) in [4.78, 5) is 14.8. The molecular weight excluding hydrogens is 301 g/mol. The molecular formula is C12H13ClFN5O2. The third-order valence-electron chi connectivity index (χ3n) is 1.78. The summed E-state index contributed by atoms with van der Waals surface area (Å²) in [6, 6.07) is 4.89. The van der Waals surface area contributed by atoms with Crippen LogP contribution in [0.25, 0.3) is 0 Å². The van der Waals surface area contributed by atoms with E-state index in [1.807, 2.05) is 6.07 Å². The van der Waals surface area contributed by atoms with Crippen molar-refractivity contribution in [3.8, 4) is 17.8 Å². The van der Waals surface area contributed by atoms with Crippen LogP contribution in [0.2, 0.25) is 5.15 Å². The van der Waals surface area contributed by atoms with E-state index < -0.39 is 7.15 Å². The summed E-state index contributed by atoms with van der Waals surface area (Å²) in [6.07, 6.45) is 2.64. The fraction of sp³-hybridized carbons (Fsp3) is 0.250. The first kappa shape index (κ1) is 16.5. The molecule has 2 heterocycles. The summed E-state index contributed by atoms with van der Waals surface area (Å²) in [6.45, 7) is 0. The molecule has 0 saturated carbocycles. The van der Waals surface area contributed by atoms with Crippen molar-refractivity contribution in [2.24, 2.45) is 0 Å². The van der Waals surface area contributed by atoms with Gasteiger partial charge in [-0.25, -0.2) is 19.9 Å². The highest BCUT2D eigenvalue weighted by Crippen LogP contribution is 2.09. The molecule has 21 heavy (non-hydrogen) atoms. The molecule has 112 valence electrons. The molecule has 9 heteroatoms. The van der Waals surface area contributed by atoms with Gasteiger partial charge in [-0.05, 0) is 0 Å². The Hall–Kier alpha value is -2.53. The lowest BCUT2D eigenvalue weighted by molar-refractivity contribution is 0.396. The zero-order valence-corrected chi connectivity index (χ0v) is 12.1. The van der Waals surface area contributed by atoms with Gasteiger partial charge in [0.1, 0.15) is 29.6 Å². The molecule has 0 fully saturated rings. The summed E-state index contributed by atoms with van der Waals surface area (Å²) < 4.78 is 25.0. The Morgan fingerprint density at radius 3 is 2.10 bits per heavy atom. The lowest BCUT2D eigenvalue weighted by atomic mass is 10.4. The Morgan fingerprint density at radius 1 is 1.14 bits per heavy atom. The maximum Gasteiger partial charge on any atom is 0.217 e. The standard InChI is InChI=1S/C6H5N3O.C5H5ClN2O.CH3F/c1-10-6-2-5(3-7)8-4-9-6;1-9-5-2-4(6)7-3-8-5;1-2/h2,4H,1H3;2-3H,1H3;1H3/i;;1D. The Labute approximate surface area is 127 Å². The Bertz CT molecular complexity index is 600. The summed E-state index contributed by atoms with van der Waals surface area (Å²) in [5.74, 6) is 0.890. The average Bonchev–Trinajstić information content (AvgIpc) is 2.56. The van der Waals surface area contributed by atoms with E-state index >= 15 is 0 Å². The lowest BCUT2D eigenvalue weighted by Crippen LogP contribution is -1.89. The molecule has 0 aliphatic carbocycles. The van der Waals surface area contributed by atoms with Crippen LogP contribution in [0.4, 0.5) is 4.39 Å². The molecule has 0 amide bonds. The molecule has 0 aliphatic rings. The van der Waals surface area contributed by atoms with E-state index in [9.17, 15) is 4.39 Å². The van der Waals surface area contributed by atoms with E-state index in [0.29, 0.717) is 22.6 Å². The molecule has 0 spiro atoms. The molecule has 2 aromatic rings. The second kappa shape index (κ2) is 11.3. The van der Waals surface area contributed by atoms with Gasteiger partial charge in [0.25, 0.3) is 0 Å². The lowest BCUT2D eigenvalue weighted by Gasteiger charge is -1.94. The van der Waals surface area contributed by atoms with E-state index in [1.165, 1.54) is 32.9 Å². The molecule has 0 bridgehead atoms. The minimum Gasteiger partial charge on any atom is -0.481 e. The van der Waals surface area contributed by atoms with Crippen molar-refractivity contribution in [2.75, 3.05) is 21.4 Å². The molecule has 0 aromatic carbocycles. The number of hydrogen-bond acceptors (Lipinski definition) is 7. The van der Waals surface area contributed by atoms with Crippen molar-refractivity contribution >= 4 is 11.6 Å². The van der Waals surface area contributed by atoms with Crippen LogP contribution in [0.15, 0.2) is 24.8 Å². The highest BCUT2D eigenvalue weighted by Gasteiger charge is 1.94. The van der Waals surface area contributed by atoms with Gasteiger partial charge in [-0.3, -0.25) is 4.39 Å². The minimum atomic E-state index is -1.00. The summed E-state index contributed by atoms with van der Waals surface area (Å²) in [5, 5.41) is 8.75. The number of nitrogens with zero attached hydrogens (tertiary/aromatic N) is 5. The van der Waals surface area contributed by atoms with Crippen LogP contribution >= 0.6 is 11.6 Å². The van der Waals surface area contributed by atoms with E-state index in [4.69, 9.17) is 27.7 Å². The zero-order chi connectivity index (χ0) is 16.8. The maximum atomic E-state index is 9.96. The third kappa shape index (κ3) is 7.59. The maximum absolute atomic E-state index is 9.96. The van der Waals surface area contributed by atoms with Crippen molar-refractivity contribution in [2.45, 2.75) is 0 Å². The zero-order valence-electron chi connectivity index (χ0n) is 12.3. The smallest absolute Gasteiger partial charge is 0.217 e. The number of methoxy groups -OCH3 is 2. The number of nitriles is 1. The topological polar surface area (TPSA) is 93.8 Å². The Balaban J connectivity index is 0.000000342. The molecule has 0 atom stereocenters. The summed E-state index contributed by atoms with van der Waals surface area (Å²) in [7, 11) is 2.02. The van der Waals surface area contributed by atoms with Gasteiger partial charge in [0, 0.05) is 12.1 Å². The van der Waals surface area contributed by atoms with Crippen LogP contribution in [0.3, 0.4) is 0 Å². The van der Waals surface area contributed by atoms with Gasteiger partial charge in [0.05, 0.1) is 22.7 Å². The SMILES string of the molecule is COc1cc(C#N)ncn1.COc1cc(Cl)ncn1.[2H]CF. The normalized spacial score (nSPS) is 8.81. The van der Waals surface area contributed by atoms with E-state index in [0.717, 1.165) is 0 Å². The first-order chi connectivity index (χ1) is 10.6. The number of ether oxygens (including phenoxy) is 2. The molecule has 2 rings (SSSR count). The van der Waals surface area contributed by atoms with Gasteiger partial charge in [0.15, 0.2) is 0 Å². The third-order valence-corrected chi connectivity index (χ3v) is 1.99. The van der Waals surface area contributed by atoms with Crippen molar-refractivity contribution < 1.29 is 15.2 Å². The first-order valence-electron chi connectivity index (χ1n) is 5.94. The number of hydrogen-bond donors (Lipinski definition) is 0. The van der Waals surface area contributed by atoms with Gasteiger partial charge < -0.3 is 9.47 Å². The van der Waals surface area contributed by atoms with Gasteiger partial charge in [-0.2, -0.15) is 5.26 Å². The number of rotatable bonds is 2. The highest BCUT2D eigenvalue weighted by atomic mass is 35.5. The molecule has 0 radical (unpaired) electrons. The predicted octanol–water partition coefficient (Wildman–Crippen LogP) is 2.08. The first-order valence-corrected chi connectivity index (χ1v) is 5.61. The summed E-state index contributed by atoms with van der Waals surface area (Å²) >= 11 is 5.49. The Kier molecular flexibility index (Phi) is 8.90. The second-order valence-electron chi connectivity index (χ2n) is 2.94. The Morgan fingerprint density at radius 2 is 1.67 bits per heavy atom. The van der Waals surface area contributed by atoms with Crippen LogP contribution in [-0.4, -0.2) is 41.3 Å². The quantitative estimate of drug-likeness (QED) is 0.783. The van der Waals surface area contributed by atoms with E-state index in [2.05, 4.69) is 19.9 Å². The summed E-state index contributed by atoms with van der Waals surface area (Å²) in [5.41, 5.74) is 0.312. The van der Waals surface area contributed by atoms with Crippen LogP contribution in [0.1, 0.15) is 7.06 Å². The van der Waals surface area contributed by atoms with Gasteiger partial charge in [0.2, 0.25) is 11.8 Å². The largest absolute Gasteiger partial charge is 0.481 e. The fourth-order valence-corrected chi connectivity index (χ4v) is 1.08. The van der Waals surface area contributed by atoms with Crippen molar-refractivity contribution in [3.05, 3.63) is 35.6 Å². The molecule has 0 unspecified atom stereocenters. The van der Waals surface area contributed by atoms with Crippen LogP contribution in [-0.2, 0) is 0 Å². The fourth-order valence-electron chi connectivity index (χ4n) is 0.941. The monoisotopic (exact) mass is 314 g/mol. The van der Waals surface area contributed by atoms with Crippen molar-refractivity contribution in [1.29, 1.82) is 5.26 Å². The second-order valence-corrected chi connectivity index (χ2v) is 3.33. The minimum absolute atomic E-state index is 0.312. The molecule has 2 aromatic heterocycles. The predicted molar refractivity (Wildman–Crippen MR) is 73.9 cm³/mol. The number of aromatic nitrogens is 4. The van der Waals surface area contributed by atoms with E-state index in [1.54, 1.807) is 6.07 Å². The molecule has 0 saturated heterocycles. The van der Waals surface area contributed by atoms with E-state index in [-0.39, 0.29) is 0 Å². The van der Waals surface area contributed by atoms with Crippen LogP contribution in [0, 0.1) is 11.3 Å². The van der Waals surface area contributed by atoms with Gasteiger partial charge in [-0.1, -0.05) is 11.6 Å². The van der Waals surface area contributed by atoms with Crippen molar-refractivity contribution in [1.82, 2.24) is 19.9 Å². The van der Waals surface area contributed by atoms with Crippen LogP contribution in [0.5, 0.6) is 11.8 Å². The van der Waals surface area contributed by atoms with Gasteiger partial charge >= 0.3 is 0 Å². The number of alkyl halides is 1. The van der Waals surface area contributed by atoms with Gasteiger partial charge in [-0.15, -0.1) is 0 Å². The average molecular weight is 315 g/mol.